The Labute approximate surface area is 172 Å². The highest BCUT2D eigenvalue weighted by Gasteiger charge is 2.17. The van der Waals surface area contributed by atoms with Crippen molar-refractivity contribution in [1.82, 2.24) is 15.5 Å². The molecule has 0 saturated heterocycles. The summed E-state index contributed by atoms with van der Waals surface area (Å²) in [5.74, 6) is 1.03. The van der Waals surface area contributed by atoms with Crippen LogP contribution in [0, 0.1) is 0 Å². The molecule has 4 rings (SSSR count). The molecule has 146 valence electrons. The number of nitrogens with zero attached hydrogens (tertiary/aromatic N) is 2. The zero-order valence-corrected chi connectivity index (χ0v) is 16.4. The molecule has 3 aromatic carbocycles. The number of hydrogen-bond donors (Lipinski definition) is 1. The lowest BCUT2D eigenvalue weighted by Crippen LogP contribution is -2.36. The molecule has 1 unspecified atom stereocenters. The van der Waals surface area contributed by atoms with Crippen LogP contribution in [0.1, 0.15) is 12.8 Å². The first kappa shape index (κ1) is 19.0. The van der Waals surface area contributed by atoms with E-state index in [2.05, 4.69) is 15.5 Å². The Balaban J connectivity index is 1.39. The average Bonchev–Trinajstić information content (AvgIpc) is 3.21. The fraction of sp³-hybridized carbons (Fsp3) is 0.136. The predicted octanol–water partition coefficient (Wildman–Crippen LogP) is 4.63. The van der Waals surface area contributed by atoms with E-state index in [1.165, 1.54) is 0 Å². The molecule has 4 aromatic rings. The van der Waals surface area contributed by atoms with Crippen LogP contribution < -0.4 is 10.1 Å². The maximum absolute atomic E-state index is 12.4. The third-order valence-corrected chi connectivity index (χ3v) is 4.75. The predicted molar refractivity (Wildman–Crippen MR) is 111 cm³/mol. The van der Waals surface area contributed by atoms with Gasteiger partial charge in [-0.05, 0) is 30.5 Å². The largest absolute Gasteiger partial charge is 0.480 e. The normalized spacial score (nSPS) is 11.9. The molecular weight excluding hydrogens is 390 g/mol. The molecule has 0 radical (unpaired) electrons. The van der Waals surface area contributed by atoms with Gasteiger partial charge in [0.25, 0.3) is 5.91 Å². The van der Waals surface area contributed by atoms with E-state index < -0.39 is 6.10 Å². The lowest BCUT2D eigenvalue weighted by atomic mass is 10.1. The molecule has 0 spiro atoms. The van der Waals surface area contributed by atoms with E-state index >= 15 is 0 Å². The topological polar surface area (TPSA) is 77.2 Å². The minimum absolute atomic E-state index is 0.0967. The molecule has 0 saturated carbocycles. The summed E-state index contributed by atoms with van der Waals surface area (Å²) < 4.78 is 11.1. The SMILES string of the molecule is CC(Oc1cccc2ccccc12)C(=O)NCc1nc(-c2ccccc2Cl)no1. The number of carbonyl (C=O) groups is 1. The number of hydrogen-bond acceptors (Lipinski definition) is 5. The van der Waals surface area contributed by atoms with E-state index in [0.717, 1.165) is 10.8 Å². The second kappa shape index (κ2) is 8.32. The summed E-state index contributed by atoms with van der Waals surface area (Å²) >= 11 is 6.15. The summed E-state index contributed by atoms with van der Waals surface area (Å²) in [7, 11) is 0. The lowest BCUT2D eigenvalue weighted by molar-refractivity contribution is -0.127. The van der Waals surface area contributed by atoms with Crippen LogP contribution in [0.3, 0.4) is 0 Å². The third kappa shape index (κ3) is 4.22. The summed E-state index contributed by atoms with van der Waals surface area (Å²) in [4.78, 5) is 16.7. The Hall–Kier alpha value is -3.38. The summed E-state index contributed by atoms with van der Waals surface area (Å²) in [6, 6.07) is 20.8. The Bertz CT molecular complexity index is 1150. The first-order chi connectivity index (χ1) is 14.1. The summed E-state index contributed by atoms with van der Waals surface area (Å²) in [5, 5.41) is 9.21. The average molecular weight is 408 g/mol. The van der Waals surface area contributed by atoms with Gasteiger partial charge in [-0.2, -0.15) is 4.98 Å². The van der Waals surface area contributed by atoms with E-state index in [9.17, 15) is 4.79 Å². The maximum atomic E-state index is 12.4. The van der Waals surface area contributed by atoms with Crippen LogP contribution in [0.25, 0.3) is 22.2 Å². The van der Waals surface area contributed by atoms with Crippen LogP contribution in [0.4, 0.5) is 0 Å². The van der Waals surface area contributed by atoms with Crippen LogP contribution in [-0.4, -0.2) is 22.2 Å². The molecule has 1 atom stereocenters. The van der Waals surface area contributed by atoms with Gasteiger partial charge >= 0.3 is 0 Å². The van der Waals surface area contributed by atoms with Gasteiger partial charge in [-0.1, -0.05) is 65.3 Å². The van der Waals surface area contributed by atoms with Gasteiger partial charge in [0.1, 0.15) is 5.75 Å². The molecule has 0 aliphatic carbocycles. The molecule has 0 bridgehead atoms. The first-order valence-electron chi connectivity index (χ1n) is 9.11. The van der Waals surface area contributed by atoms with Gasteiger partial charge in [0, 0.05) is 10.9 Å². The zero-order valence-electron chi connectivity index (χ0n) is 15.6. The van der Waals surface area contributed by atoms with Gasteiger partial charge in [-0.15, -0.1) is 0 Å². The number of fused-ring (bicyclic) bond motifs is 1. The van der Waals surface area contributed by atoms with Crippen molar-refractivity contribution < 1.29 is 14.1 Å². The van der Waals surface area contributed by atoms with Crippen LogP contribution in [0.15, 0.2) is 71.3 Å². The van der Waals surface area contributed by atoms with E-state index in [1.54, 1.807) is 19.1 Å². The monoisotopic (exact) mass is 407 g/mol. The standard InChI is InChI=1S/C22H18ClN3O3/c1-14(28-19-12-6-8-15-7-2-3-9-16(15)19)22(27)24-13-20-25-21(26-29-20)17-10-4-5-11-18(17)23/h2-12,14H,13H2,1H3,(H,24,27). The van der Waals surface area contributed by atoms with E-state index in [4.69, 9.17) is 20.9 Å². The van der Waals surface area contributed by atoms with E-state index in [0.29, 0.717) is 22.2 Å². The van der Waals surface area contributed by atoms with Gasteiger partial charge in [0.05, 0.1) is 11.6 Å². The number of benzene rings is 3. The number of aromatic nitrogens is 2. The van der Waals surface area contributed by atoms with Crippen molar-refractivity contribution in [2.45, 2.75) is 19.6 Å². The van der Waals surface area contributed by atoms with Crippen molar-refractivity contribution in [2.24, 2.45) is 0 Å². The van der Waals surface area contributed by atoms with Crippen LogP contribution in [0.5, 0.6) is 5.75 Å². The number of carbonyl (C=O) groups excluding carboxylic acids is 1. The van der Waals surface area contributed by atoms with Crippen LogP contribution >= 0.6 is 11.6 Å². The van der Waals surface area contributed by atoms with Gasteiger partial charge in [0.15, 0.2) is 6.10 Å². The minimum Gasteiger partial charge on any atom is -0.480 e. The van der Waals surface area contributed by atoms with Gasteiger partial charge < -0.3 is 14.6 Å². The molecule has 0 aliphatic heterocycles. The summed E-state index contributed by atoms with van der Waals surface area (Å²) in [5.41, 5.74) is 0.670. The first-order valence-corrected chi connectivity index (χ1v) is 9.49. The quantitative estimate of drug-likeness (QED) is 0.504. The van der Waals surface area contributed by atoms with Crippen molar-refractivity contribution in [2.75, 3.05) is 0 Å². The fourth-order valence-electron chi connectivity index (χ4n) is 2.93. The van der Waals surface area contributed by atoms with Crippen molar-refractivity contribution in [3.05, 3.63) is 77.6 Å². The number of rotatable bonds is 6. The molecule has 1 heterocycles. The molecule has 6 nitrogen and oxygen atoms in total. The van der Waals surface area contributed by atoms with Crippen LogP contribution in [0.2, 0.25) is 5.02 Å². The smallest absolute Gasteiger partial charge is 0.261 e. The highest BCUT2D eigenvalue weighted by Crippen LogP contribution is 2.26. The van der Waals surface area contributed by atoms with Crippen molar-refractivity contribution in [3.63, 3.8) is 0 Å². The van der Waals surface area contributed by atoms with Gasteiger partial charge in [-0.3, -0.25) is 4.79 Å². The summed E-state index contributed by atoms with van der Waals surface area (Å²) in [6.07, 6.45) is -0.688. The van der Waals surface area contributed by atoms with E-state index in [-0.39, 0.29) is 18.3 Å². The molecule has 29 heavy (non-hydrogen) atoms. The third-order valence-electron chi connectivity index (χ3n) is 4.42. The Morgan fingerprint density at radius 1 is 1.10 bits per heavy atom. The van der Waals surface area contributed by atoms with Crippen LogP contribution in [-0.2, 0) is 11.3 Å². The second-order valence-electron chi connectivity index (χ2n) is 6.45. The molecule has 1 aromatic heterocycles. The lowest BCUT2D eigenvalue weighted by Gasteiger charge is -2.15. The Morgan fingerprint density at radius 3 is 2.72 bits per heavy atom. The molecular formula is C22H18ClN3O3. The maximum Gasteiger partial charge on any atom is 0.261 e. The van der Waals surface area contributed by atoms with E-state index in [1.807, 2.05) is 54.6 Å². The Morgan fingerprint density at radius 2 is 1.86 bits per heavy atom. The van der Waals surface area contributed by atoms with Gasteiger partial charge in [-0.25, -0.2) is 0 Å². The number of ether oxygens (including phenoxy) is 1. The summed E-state index contributed by atoms with van der Waals surface area (Å²) in [6.45, 7) is 1.79. The molecule has 1 amide bonds. The van der Waals surface area contributed by atoms with Gasteiger partial charge in [0.2, 0.25) is 11.7 Å². The van der Waals surface area contributed by atoms with Crippen molar-refractivity contribution in [1.29, 1.82) is 0 Å². The number of nitrogens with one attached hydrogen (secondary N) is 1. The second-order valence-corrected chi connectivity index (χ2v) is 6.85. The molecule has 0 fully saturated rings. The zero-order chi connectivity index (χ0) is 20.2. The number of amides is 1. The highest BCUT2D eigenvalue weighted by molar-refractivity contribution is 6.33. The molecule has 7 heteroatoms. The minimum atomic E-state index is -0.688. The molecule has 1 N–H and O–H groups in total. The van der Waals surface area contributed by atoms with Crippen molar-refractivity contribution in [3.8, 4) is 17.1 Å². The molecule has 0 aliphatic rings. The highest BCUT2D eigenvalue weighted by atomic mass is 35.5. The van der Waals surface area contributed by atoms with Crippen molar-refractivity contribution >= 4 is 28.3 Å². The number of halogens is 1. The fourth-order valence-corrected chi connectivity index (χ4v) is 3.15. The Kier molecular flexibility index (Phi) is 5.44.